The Morgan fingerprint density at radius 2 is 2.29 bits per heavy atom. The predicted molar refractivity (Wildman–Crippen MR) is 57.6 cm³/mol. The Balaban J connectivity index is 2.32. The molecule has 72 valence electrons. The molecule has 0 aliphatic carbocycles. The predicted octanol–water partition coefficient (Wildman–Crippen LogP) is 2.88. The third-order valence-electron chi connectivity index (χ3n) is 1.85. The van der Waals surface area contributed by atoms with Crippen LogP contribution in [0.1, 0.15) is 16.5 Å². The molecule has 14 heavy (non-hydrogen) atoms. The Bertz CT molecular complexity index is 416. The maximum absolute atomic E-state index is 9.92. The van der Waals surface area contributed by atoms with Crippen molar-refractivity contribution in [3.63, 3.8) is 0 Å². The van der Waals surface area contributed by atoms with Crippen molar-refractivity contribution < 1.29 is 5.11 Å². The maximum atomic E-state index is 9.92. The van der Waals surface area contributed by atoms with Crippen molar-refractivity contribution in [2.24, 2.45) is 0 Å². The highest BCUT2D eigenvalue weighted by atomic mass is 35.5. The first-order chi connectivity index (χ1) is 6.77. The molecule has 0 aliphatic heterocycles. The molecule has 0 aliphatic rings. The first kappa shape index (κ1) is 9.65. The second kappa shape index (κ2) is 4.09. The number of aliphatic hydroxyl groups excluding tert-OH is 1. The highest BCUT2D eigenvalue weighted by Crippen LogP contribution is 2.26. The smallest absolute Gasteiger partial charge is 0.115 e. The van der Waals surface area contributed by atoms with Gasteiger partial charge in [-0.15, -0.1) is 11.3 Å². The van der Waals surface area contributed by atoms with E-state index < -0.39 is 6.10 Å². The summed E-state index contributed by atoms with van der Waals surface area (Å²) in [6.45, 7) is 0. The van der Waals surface area contributed by atoms with Crippen LogP contribution in [0.2, 0.25) is 5.02 Å². The lowest BCUT2D eigenvalue weighted by Crippen LogP contribution is -1.97. The summed E-state index contributed by atoms with van der Waals surface area (Å²) in [6, 6.07) is 5.51. The standard InChI is InChI=1S/C10H8ClNOS/c11-8-4-7(5-12-6-8)10(13)9-2-1-3-14-9/h1-6,10,13H. The molecule has 1 N–H and O–H groups in total. The molecule has 0 spiro atoms. The van der Waals surface area contributed by atoms with Gasteiger partial charge in [0, 0.05) is 22.8 Å². The quantitative estimate of drug-likeness (QED) is 0.853. The van der Waals surface area contributed by atoms with Gasteiger partial charge in [-0.05, 0) is 17.5 Å². The number of nitrogens with zero attached hydrogens (tertiary/aromatic N) is 1. The van der Waals surface area contributed by atoms with E-state index in [4.69, 9.17) is 11.6 Å². The molecule has 0 bridgehead atoms. The minimum Gasteiger partial charge on any atom is -0.383 e. The Labute approximate surface area is 90.8 Å². The zero-order valence-corrected chi connectivity index (χ0v) is 8.79. The van der Waals surface area contributed by atoms with Crippen LogP contribution in [-0.4, -0.2) is 10.1 Å². The van der Waals surface area contributed by atoms with Gasteiger partial charge < -0.3 is 5.11 Å². The number of hydrogen-bond acceptors (Lipinski definition) is 3. The van der Waals surface area contributed by atoms with Crippen LogP contribution in [0.4, 0.5) is 0 Å². The Kier molecular flexibility index (Phi) is 2.82. The lowest BCUT2D eigenvalue weighted by Gasteiger charge is -2.07. The van der Waals surface area contributed by atoms with Crippen molar-refractivity contribution in [1.29, 1.82) is 0 Å². The summed E-state index contributed by atoms with van der Waals surface area (Å²) < 4.78 is 0. The van der Waals surface area contributed by atoms with Crippen LogP contribution >= 0.6 is 22.9 Å². The van der Waals surface area contributed by atoms with Crippen molar-refractivity contribution in [3.05, 3.63) is 51.4 Å². The molecule has 2 rings (SSSR count). The van der Waals surface area contributed by atoms with Gasteiger partial charge >= 0.3 is 0 Å². The lowest BCUT2D eigenvalue weighted by molar-refractivity contribution is 0.224. The Morgan fingerprint density at radius 3 is 2.93 bits per heavy atom. The summed E-state index contributed by atoms with van der Waals surface area (Å²) >= 11 is 7.29. The van der Waals surface area contributed by atoms with E-state index in [9.17, 15) is 5.11 Å². The van der Waals surface area contributed by atoms with E-state index in [1.165, 1.54) is 11.3 Å². The molecule has 1 unspecified atom stereocenters. The minimum absolute atomic E-state index is 0.540. The van der Waals surface area contributed by atoms with Crippen LogP contribution in [0, 0.1) is 0 Å². The topological polar surface area (TPSA) is 33.1 Å². The normalized spacial score (nSPS) is 12.7. The van der Waals surface area contributed by atoms with Gasteiger partial charge in [0.2, 0.25) is 0 Å². The largest absolute Gasteiger partial charge is 0.383 e. The van der Waals surface area contributed by atoms with Gasteiger partial charge in [0.05, 0.1) is 5.02 Å². The zero-order chi connectivity index (χ0) is 9.97. The van der Waals surface area contributed by atoms with Crippen molar-refractivity contribution in [2.45, 2.75) is 6.10 Å². The second-order valence-electron chi connectivity index (χ2n) is 2.85. The number of aliphatic hydroxyl groups is 1. The number of halogens is 1. The van der Waals surface area contributed by atoms with E-state index in [1.807, 2.05) is 17.5 Å². The molecule has 2 heterocycles. The number of hydrogen-bond donors (Lipinski definition) is 1. The van der Waals surface area contributed by atoms with Gasteiger partial charge in [-0.25, -0.2) is 0 Å². The molecular weight excluding hydrogens is 218 g/mol. The van der Waals surface area contributed by atoms with Gasteiger partial charge in [-0.3, -0.25) is 4.98 Å². The van der Waals surface area contributed by atoms with Gasteiger partial charge in [0.1, 0.15) is 6.10 Å². The molecule has 0 aromatic carbocycles. The van der Waals surface area contributed by atoms with Crippen molar-refractivity contribution in [2.75, 3.05) is 0 Å². The molecular formula is C10H8ClNOS. The SMILES string of the molecule is OC(c1cncc(Cl)c1)c1cccs1. The fourth-order valence-corrected chi connectivity index (χ4v) is 2.11. The summed E-state index contributed by atoms with van der Waals surface area (Å²) in [7, 11) is 0. The van der Waals surface area contributed by atoms with E-state index in [1.54, 1.807) is 18.5 Å². The van der Waals surface area contributed by atoms with Gasteiger partial charge in [-0.1, -0.05) is 17.7 Å². The molecule has 4 heteroatoms. The molecule has 2 aromatic heterocycles. The molecule has 1 atom stereocenters. The molecule has 0 saturated carbocycles. The monoisotopic (exact) mass is 225 g/mol. The van der Waals surface area contributed by atoms with Crippen LogP contribution in [0.3, 0.4) is 0 Å². The van der Waals surface area contributed by atoms with Crippen LogP contribution in [-0.2, 0) is 0 Å². The van der Waals surface area contributed by atoms with Crippen LogP contribution < -0.4 is 0 Å². The first-order valence-electron chi connectivity index (χ1n) is 4.09. The molecule has 0 fully saturated rings. The molecule has 0 radical (unpaired) electrons. The van der Waals surface area contributed by atoms with E-state index in [-0.39, 0.29) is 0 Å². The van der Waals surface area contributed by atoms with Crippen molar-refractivity contribution >= 4 is 22.9 Å². The van der Waals surface area contributed by atoms with Crippen LogP contribution in [0.25, 0.3) is 0 Å². The summed E-state index contributed by atoms with van der Waals surface area (Å²) in [5.41, 5.74) is 0.722. The Hall–Kier alpha value is -0.900. The highest BCUT2D eigenvalue weighted by molar-refractivity contribution is 7.10. The summed E-state index contributed by atoms with van der Waals surface area (Å²) in [4.78, 5) is 4.83. The first-order valence-corrected chi connectivity index (χ1v) is 5.35. The van der Waals surface area contributed by atoms with Gasteiger partial charge in [0.15, 0.2) is 0 Å². The van der Waals surface area contributed by atoms with E-state index >= 15 is 0 Å². The average Bonchev–Trinajstić information content (AvgIpc) is 2.69. The van der Waals surface area contributed by atoms with E-state index in [2.05, 4.69) is 4.98 Å². The fourth-order valence-electron chi connectivity index (χ4n) is 1.19. The van der Waals surface area contributed by atoms with Gasteiger partial charge in [0.25, 0.3) is 0 Å². The van der Waals surface area contributed by atoms with Gasteiger partial charge in [-0.2, -0.15) is 0 Å². The summed E-state index contributed by atoms with van der Waals surface area (Å²) in [5.74, 6) is 0. The van der Waals surface area contributed by atoms with E-state index in [0.29, 0.717) is 5.02 Å². The Morgan fingerprint density at radius 1 is 1.43 bits per heavy atom. The van der Waals surface area contributed by atoms with Crippen molar-refractivity contribution in [3.8, 4) is 0 Å². The number of rotatable bonds is 2. The third kappa shape index (κ3) is 1.95. The highest BCUT2D eigenvalue weighted by Gasteiger charge is 2.11. The average molecular weight is 226 g/mol. The minimum atomic E-state index is -0.624. The maximum Gasteiger partial charge on any atom is 0.115 e. The van der Waals surface area contributed by atoms with Crippen LogP contribution in [0.15, 0.2) is 36.0 Å². The van der Waals surface area contributed by atoms with Crippen LogP contribution in [0.5, 0.6) is 0 Å². The molecule has 0 amide bonds. The van der Waals surface area contributed by atoms with E-state index in [0.717, 1.165) is 10.4 Å². The second-order valence-corrected chi connectivity index (χ2v) is 4.27. The number of aromatic nitrogens is 1. The summed E-state index contributed by atoms with van der Waals surface area (Å²) in [6.07, 6.45) is 2.55. The number of thiophene rings is 1. The van der Waals surface area contributed by atoms with Crippen molar-refractivity contribution in [1.82, 2.24) is 4.98 Å². The lowest BCUT2D eigenvalue weighted by atomic mass is 10.1. The zero-order valence-electron chi connectivity index (χ0n) is 7.22. The molecule has 0 saturated heterocycles. The number of pyridine rings is 1. The molecule has 2 aromatic rings. The summed E-state index contributed by atoms with van der Waals surface area (Å²) in [5, 5.41) is 12.4. The fraction of sp³-hybridized carbons (Fsp3) is 0.100. The molecule has 2 nitrogen and oxygen atoms in total. The third-order valence-corrected chi connectivity index (χ3v) is 2.99.